The predicted octanol–water partition coefficient (Wildman–Crippen LogP) is 1.32. The summed E-state index contributed by atoms with van der Waals surface area (Å²) in [7, 11) is 0. The number of hydrogen-bond acceptors (Lipinski definition) is 3. The molecule has 0 fully saturated rings. The smallest absolute Gasteiger partial charge is 0.329 e. The van der Waals surface area contributed by atoms with E-state index in [9.17, 15) is 4.79 Å². The average molecular weight is 211 g/mol. The van der Waals surface area contributed by atoms with E-state index in [-0.39, 0.29) is 6.03 Å². The lowest BCUT2D eigenvalue weighted by Gasteiger charge is -2.15. The Morgan fingerprint density at radius 1 is 1.43 bits per heavy atom. The molecule has 0 aromatic heterocycles. The molecule has 0 aliphatic heterocycles. The summed E-state index contributed by atoms with van der Waals surface area (Å²) in [5.74, 6) is 0. The van der Waals surface area contributed by atoms with Crippen molar-refractivity contribution in [3.05, 3.63) is 30.3 Å². The van der Waals surface area contributed by atoms with Crippen LogP contribution in [0.1, 0.15) is 0 Å². The van der Waals surface area contributed by atoms with Gasteiger partial charge in [-0.1, -0.05) is 31.0 Å². The van der Waals surface area contributed by atoms with E-state index in [0.29, 0.717) is 13.1 Å². The van der Waals surface area contributed by atoms with Gasteiger partial charge in [-0.2, -0.15) is 0 Å². The number of carbonyl (C=O) groups is 1. The first-order chi connectivity index (χ1) is 6.74. The Bertz CT molecular complexity index is 291. The third-order valence-corrected chi connectivity index (χ3v) is 1.98. The highest BCUT2D eigenvalue weighted by Crippen LogP contribution is 2.06. The number of nitrogens with zero attached hydrogens (tertiary/aromatic N) is 1. The van der Waals surface area contributed by atoms with Gasteiger partial charge in [-0.3, -0.25) is 4.31 Å². The van der Waals surface area contributed by atoms with E-state index in [4.69, 9.17) is 5.73 Å². The number of urea groups is 1. The van der Waals surface area contributed by atoms with Gasteiger partial charge in [0.25, 0.3) is 0 Å². The molecule has 0 bridgehead atoms. The van der Waals surface area contributed by atoms with Gasteiger partial charge in [0.15, 0.2) is 0 Å². The zero-order valence-corrected chi connectivity index (χ0v) is 8.58. The molecule has 2 amide bonds. The van der Waals surface area contributed by atoms with Crippen LogP contribution >= 0.6 is 12.8 Å². The van der Waals surface area contributed by atoms with E-state index in [0.717, 1.165) is 5.69 Å². The van der Waals surface area contributed by atoms with Crippen LogP contribution in [0.4, 0.5) is 10.5 Å². The van der Waals surface area contributed by atoms with E-state index in [1.807, 2.05) is 30.3 Å². The van der Waals surface area contributed by atoms with Crippen molar-refractivity contribution in [2.75, 3.05) is 18.4 Å². The van der Waals surface area contributed by atoms with Crippen LogP contribution < -0.4 is 11.1 Å². The molecule has 1 rings (SSSR count). The van der Waals surface area contributed by atoms with E-state index in [2.05, 4.69) is 18.1 Å². The Hall–Kier alpha value is -1.20. The first-order valence-corrected chi connectivity index (χ1v) is 4.66. The standard InChI is InChI=1S/C9H13N3OS/c10-6-7-12(14)9(13)11-8-4-2-1-3-5-8/h1-5,14H,6-7,10H2,(H,11,13). The lowest BCUT2D eigenvalue weighted by Crippen LogP contribution is -2.31. The molecule has 0 aliphatic rings. The Kier molecular flexibility index (Phi) is 4.28. The molecule has 1 aromatic rings. The maximum Gasteiger partial charge on any atom is 0.331 e. The quantitative estimate of drug-likeness (QED) is 0.660. The molecule has 0 atom stereocenters. The molecule has 0 saturated heterocycles. The summed E-state index contributed by atoms with van der Waals surface area (Å²) in [6, 6.07) is 8.92. The highest BCUT2D eigenvalue weighted by atomic mass is 32.1. The molecular formula is C9H13N3OS. The predicted molar refractivity (Wildman–Crippen MR) is 60.2 cm³/mol. The van der Waals surface area contributed by atoms with Gasteiger partial charge < -0.3 is 11.1 Å². The van der Waals surface area contributed by atoms with Crippen molar-refractivity contribution in [1.29, 1.82) is 0 Å². The number of carbonyl (C=O) groups excluding carboxylic acids is 1. The van der Waals surface area contributed by atoms with Crippen molar-refractivity contribution in [1.82, 2.24) is 4.31 Å². The summed E-state index contributed by atoms with van der Waals surface area (Å²) in [6.07, 6.45) is 0. The Labute approximate surface area is 88.6 Å². The second-order valence-corrected chi connectivity index (χ2v) is 3.19. The summed E-state index contributed by atoms with van der Waals surface area (Å²) < 4.78 is 1.24. The van der Waals surface area contributed by atoms with Crippen LogP contribution in [0.5, 0.6) is 0 Å². The lowest BCUT2D eigenvalue weighted by atomic mass is 10.3. The minimum absolute atomic E-state index is 0.273. The molecule has 76 valence electrons. The van der Waals surface area contributed by atoms with Crippen molar-refractivity contribution in [2.24, 2.45) is 5.73 Å². The first kappa shape index (κ1) is 10.9. The van der Waals surface area contributed by atoms with Crippen LogP contribution in [-0.4, -0.2) is 23.4 Å². The van der Waals surface area contributed by atoms with Gasteiger partial charge in [0, 0.05) is 18.8 Å². The summed E-state index contributed by atoms with van der Waals surface area (Å²) in [4.78, 5) is 11.4. The van der Waals surface area contributed by atoms with Crippen molar-refractivity contribution in [2.45, 2.75) is 0 Å². The van der Waals surface area contributed by atoms with Gasteiger partial charge in [0.1, 0.15) is 0 Å². The van der Waals surface area contributed by atoms with Gasteiger partial charge in [0.2, 0.25) is 0 Å². The maximum atomic E-state index is 11.4. The van der Waals surface area contributed by atoms with Crippen molar-refractivity contribution in [3.63, 3.8) is 0 Å². The number of anilines is 1. The minimum Gasteiger partial charge on any atom is -0.329 e. The number of hydrogen-bond donors (Lipinski definition) is 3. The fourth-order valence-electron chi connectivity index (χ4n) is 0.933. The fraction of sp³-hybridized carbons (Fsp3) is 0.222. The summed E-state index contributed by atoms with van der Waals surface area (Å²) in [6.45, 7) is 0.813. The topological polar surface area (TPSA) is 58.4 Å². The van der Waals surface area contributed by atoms with Gasteiger partial charge in [0.05, 0.1) is 0 Å². The Balaban J connectivity index is 2.49. The lowest BCUT2D eigenvalue weighted by molar-refractivity contribution is 0.239. The maximum absolute atomic E-state index is 11.4. The number of nitrogens with one attached hydrogen (secondary N) is 1. The van der Waals surface area contributed by atoms with Crippen molar-refractivity contribution >= 4 is 24.5 Å². The van der Waals surface area contributed by atoms with Crippen molar-refractivity contribution in [3.8, 4) is 0 Å². The number of para-hydroxylation sites is 1. The number of rotatable bonds is 3. The molecule has 0 unspecified atom stereocenters. The molecular weight excluding hydrogens is 198 g/mol. The molecule has 5 heteroatoms. The van der Waals surface area contributed by atoms with Crippen LogP contribution in [0.3, 0.4) is 0 Å². The normalized spacial score (nSPS) is 9.57. The van der Waals surface area contributed by atoms with Gasteiger partial charge in [-0.15, -0.1) is 0 Å². The number of nitrogens with two attached hydrogens (primary N) is 1. The van der Waals surface area contributed by atoms with E-state index < -0.39 is 0 Å². The molecule has 0 heterocycles. The number of amides is 2. The van der Waals surface area contributed by atoms with E-state index in [1.54, 1.807) is 0 Å². The van der Waals surface area contributed by atoms with Crippen LogP contribution in [0.25, 0.3) is 0 Å². The van der Waals surface area contributed by atoms with Gasteiger partial charge in [-0.05, 0) is 12.1 Å². The zero-order valence-electron chi connectivity index (χ0n) is 7.68. The Morgan fingerprint density at radius 2 is 2.07 bits per heavy atom. The molecule has 3 N–H and O–H groups in total. The van der Waals surface area contributed by atoms with Crippen LogP contribution in [-0.2, 0) is 0 Å². The highest BCUT2D eigenvalue weighted by Gasteiger charge is 2.07. The van der Waals surface area contributed by atoms with Crippen LogP contribution in [0, 0.1) is 0 Å². The molecule has 0 radical (unpaired) electrons. The van der Waals surface area contributed by atoms with E-state index >= 15 is 0 Å². The molecule has 1 aromatic carbocycles. The summed E-state index contributed by atoms with van der Waals surface area (Å²) >= 11 is 3.98. The number of thiol groups is 1. The molecule has 4 nitrogen and oxygen atoms in total. The largest absolute Gasteiger partial charge is 0.331 e. The second-order valence-electron chi connectivity index (χ2n) is 2.71. The molecule has 14 heavy (non-hydrogen) atoms. The van der Waals surface area contributed by atoms with Crippen LogP contribution in [0.2, 0.25) is 0 Å². The first-order valence-electron chi connectivity index (χ1n) is 4.26. The average Bonchev–Trinajstić information content (AvgIpc) is 2.19. The highest BCUT2D eigenvalue weighted by molar-refractivity contribution is 7.78. The molecule has 0 spiro atoms. The summed E-state index contributed by atoms with van der Waals surface area (Å²) in [5, 5.41) is 2.68. The Morgan fingerprint density at radius 3 is 2.64 bits per heavy atom. The minimum atomic E-state index is -0.273. The second kappa shape index (κ2) is 5.51. The van der Waals surface area contributed by atoms with Gasteiger partial charge >= 0.3 is 6.03 Å². The molecule has 0 aliphatic carbocycles. The fourth-order valence-corrected chi connectivity index (χ4v) is 1.10. The van der Waals surface area contributed by atoms with Crippen LogP contribution in [0.15, 0.2) is 30.3 Å². The van der Waals surface area contributed by atoms with Crippen molar-refractivity contribution < 1.29 is 4.79 Å². The SMILES string of the molecule is NCCN(S)C(=O)Nc1ccccc1. The third-order valence-electron chi connectivity index (χ3n) is 1.60. The van der Waals surface area contributed by atoms with E-state index in [1.165, 1.54) is 4.31 Å². The van der Waals surface area contributed by atoms with Gasteiger partial charge in [-0.25, -0.2) is 4.79 Å². The zero-order chi connectivity index (χ0) is 10.4. The molecule has 0 saturated carbocycles. The summed E-state index contributed by atoms with van der Waals surface area (Å²) in [5.41, 5.74) is 6.03. The monoisotopic (exact) mass is 211 g/mol. The third kappa shape index (κ3) is 3.27. The number of benzene rings is 1.